The summed E-state index contributed by atoms with van der Waals surface area (Å²) in [5.41, 5.74) is 0.526. The van der Waals surface area contributed by atoms with Crippen LogP contribution in [0.2, 0.25) is 0 Å². The van der Waals surface area contributed by atoms with Crippen molar-refractivity contribution in [1.29, 1.82) is 0 Å². The Morgan fingerprint density at radius 1 is 0.920 bits per heavy atom. The van der Waals surface area contributed by atoms with Gasteiger partial charge in [-0.25, -0.2) is 13.1 Å². The van der Waals surface area contributed by atoms with E-state index in [-0.39, 0.29) is 22.6 Å². The van der Waals surface area contributed by atoms with E-state index in [4.69, 9.17) is 0 Å². The first-order valence-corrected chi connectivity index (χ1v) is 10.2. The third-order valence-electron chi connectivity index (χ3n) is 4.01. The number of hydrogen-bond acceptors (Lipinski definition) is 4. The summed E-state index contributed by atoms with van der Waals surface area (Å²) >= 11 is 0. The van der Waals surface area contributed by atoms with Crippen LogP contribution in [-0.2, 0) is 19.6 Å². The molecule has 25 heavy (non-hydrogen) atoms. The van der Waals surface area contributed by atoms with Crippen molar-refractivity contribution < 1.29 is 18.0 Å². The summed E-state index contributed by atoms with van der Waals surface area (Å²) in [6.45, 7) is 7.50. The van der Waals surface area contributed by atoms with Crippen LogP contribution >= 0.6 is 0 Å². The average Bonchev–Trinajstić information content (AvgIpc) is 2.55. The molecule has 0 saturated carbocycles. The van der Waals surface area contributed by atoms with E-state index in [1.54, 1.807) is 6.92 Å². The van der Waals surface area contributed by atoms with Crippen molar-refractivity contribution in [3.05, 3.63) is 24.3 Å². The van der Waals surface area contributed by atoms with Crippen LogP contribution in [0.4, 0.5) is 5.69 Å². The Morgan fingerprint density at radius 3 is 1.88 bits per heavy atom. The molecule has 0 bridgehead atoms. The maximum Gasteiger partial charge on any atom is 0.264 e. The van der Waals surface area contributed by atoms with Gasteiger partial charge in [0.2, 0.25) is 11.8 Å². The topological polar surface area (TPSA) is 92.3 Å². The molecule has 0 heterocycles. The summed E-state index contributed by atoms with van der Waals surface area (Å²) < 4.78 is 26.6. The van der Waals surface area contributed by atoms with Crippen molar-refractivity contribution in [2.75, 3.05) is 5.32 Å². The molecule has 0 radical (unpaired) electrons. The van der Waals surface area contributed by atoms with Crippen LogP contribution in [0.5, 0.6) is 0 Å². The predicted octanol–water partition coefficient (Wildman–Crippen LogP) is 3.30. The molecule has 0 unspecified atom stereocenters. The van der Waals surface area contributed by atoms with Crippen molar-refractivity contribution in [3.63, 3.8) is 0 Å². The molecule has 2 atom stereocenters. The highest BCUT2D eigenvalue weighted by Crippen LogP contribution is 2.16. The molecule has 7 heteroatoms. The lowest BCUT2D eigenvalue weighted by atomic mass is 10.1. The number of anilines is 1. The van der Waals surface area contributed by atoms with E-state index in [1.165, 1.54) is 24.3 Å². The van der Waals surface area contributed by atoms with Gasteiger partial charge in [0.05, 0.1) is 4.90 Å². The summed E-state index contributed by atoms with van der Waals surface area (Å²) in [5, 5.41) is 2.76. The molecule has 0 saturated heterocycles. The third kappa shape index (κ3) is 6.49. The minimum absolute atomic E-state index is 0.0100. The SMILES string of the molecule is CCC[C@@H](C)C(=O)Nc1ccc(S(=O)(=O)NC(=O)[C@@H](C)CCC)cc1. The molecule has 0 aliphatic heterocycles. The minimum atomic E-state index is -3.91. The fourth-order valence-electron chi connectivity index (χ4n) is 2.40. The Bertz CT molecular complexity index is 684. The summed E-state index contributed by atoms with van der Waals surface area (Å²) in [5.74, 6) is -1.07. The summed E-state index contributed by atoms with van der Waals surface area (Å²) in [7, 11) is -3.91. The second kappa shape index (κ2) is 9.56. The Labute approximate surface area is 150 Å². The van der Waals surface area contributed by atoms with E-state index >= 15 is 0 Å². The summed E-state index contributed by atoms with van der Waals surface area (Å²) in [6.07, 6.45) is 3.14. The van der Waals surface area contributed by atoms with E-state index in [9.17, 15) is 18.0 Å². The zero-order valence-electron chi connectivity index (χ0n) is 15.3. The molecule has 1 aromatic rings. The van der Waals surface area contributed by atoms with Crippen molar-refractivity contribution >= 4 is 27.5 Å². The zero-order valence-corrected chi connectivity index (χ0v) is 16.2. The lowest BCUT2D eigenvalue weighted by Gasteiger charge is -2.13. The van der Waals surface area contributed by atoms with Gasteiger partial charge in [-0.15, -0.1) is 0 Å². The number of carbonyl (C=O) groups is 2. The number of nitrogens with one attached hydrogen (secondary N) is 2. The smallest absolute Gasteiger partial charge is 0.264 e. The first kappa shape index (κ1) is 21.2. The number of carbonyl (C=O) groups excluding carboxylic acids is 2. The van der Waals surface area contributed by atoms with Crippen molar-refractivity contribution in [3.8, 4) is 0 Å². The maximum absolute atomic E-state index is 12.3. The number of sulfonamides is 1. The van der Waals surface area contributed by atoms with E-state index in [0.29, 0.717) is 12.1 Å². The lowest BCUT2D eigenvalue weighted by molar-refractivity contribution is -0.123. The third-order valence-corrected chi connectivity index (χ3v) is 5.37. The van der Waals surface area contributed by atoms with Crippen molar-refractivity contribution in [2.24, 2.45) is 11.8 Å². The molecule has 0 aromatic heterocycles. The lowest BCUT2D eigenvalue weighted by Crippen LogP contribution is -2.34. The van der Waals surface area contributed by atoms with E-state index in [2.05, 4.69) is 10.0 Å². The number of benzene rings is 1. The Balaban J connectivity index is 2.77. The number of rotatable bonds is 9. The molecule has 140 valence electrons. The van der Waals surface area contributed by atoms with E-state index in [0.717, 1.165) is 19.3 Å². The molecule has 0 fully saturated rings. The molecule has 2 amide bonds. The van der Waals surface area contributed by atoms with Gasteiger partial charge in [0, 0.05) is 17.5 Å². The molecule has 1 rings (SSSR count). The van der Waals surface area contributed by atoms with Crippen LogP contribution in [0.15, 0.2) is 29.2 Å². The van der Waals surface area contributed by atoms with Crippen LogP contribution in [-0.4, -0.2) is 20.2 Å². The van der Waals surface area contributed by atoms with Gasteiger partial charge in [0.25, 0.3) is 10.0 Å². The van der Waals surface area contributed by atoms with Crippen LogP contribution < -0.4 is 10.0 Å². The quantitative estimate of drug-likeness (QED) is 0.699. The first-order chi connectivity index (χ1) is 11.7. The molecule has 0 spiro atoms. The predicted molar refractivity (Wildman–Crippen MR) is 98.5 cm³/mol. The summed E-state index contributed by atoms with van der Waals surface area (Å²) in [4.78, 5) is 23.9. The van der Waals surface area contributed by atoms with Crippen molar-refractivity contribution in [1.82, 2.24) is 4.72 Å². The molecule has 1 aromatic carbocycles. The molecule has 2 N–H and O–H groups in total. The number of amides is 2. The van der Waals surface area contributed by atoms with Gasteiger partial charge < -0.3 is 5.32 Å². The van der Waals surface area contributed by atoms with Crippen LogP contribution in [0, 0.1) is 11.8 Å². The maximum atomic E-state index is 12.3. The Morgan fingerprint density at radius 2 is 1.40 bits per heavy atom. The molecule has 0 aliphatic rings. The second-order valence-electron chi connectivity index (χ2n) is 6.36. The Kier molecular flexibility index (Phi) is 8.09. The van der Waals surface area contributed by atoms with Gasteiger partial charge in [-0.2, -0.15) is 0 Å². The molecular weight excluding hydrogens is 340 g/mol. The van der Waals surface area contributed by atoms with Gasteiger partial charge in [-0.05, 0) is 37.1 Å². The molecule has 6 nitrogen and oxygen atoms in total. The van der Waals surface area contributed by atoms with E-state index in [1.807, 2.05) is 20.8 Å². The molecular formula is C18H28N2O4S. The minimum Gasteiger partial charge on any atom is -0.326 e. The number of hydrogen-bond donors (Lipinski definition) is 2. The summed E-state index contributed by atoms with van der Waals surface area (Å²) in [6, 6.07) is 5.79. The van der Waals surface area contributed by atoms with Gasteiger partial charge in [-0.3, -0.25) is 9.59 Å². The second-order valence-corrected chi connectivity index (χ2v) is 8.05. The normalized spacial score (nSPS) is 13.8. The first-order valence-electron chi connectivity index (χ1n) is 8.68. The van der Waals surface area contributed by atoms with E-state index < -0.39 is 15.9 Å². The van der Waals surface area contributed by atoms with Gasteiger partial charge in [0.1, 0.15) is 0 Å². The highest BCUT2D eigenvalue weighted by Gasteiger charge is 2.21. The highest BCUT2D eigenvalue weighted by atomic mass is 32.2. The average molecular weight is 368 g/mol. The van der Waals surface area contributed by atoms with Gasteiger partial charge in [-0.1, -0.05) is 40.5 Å². The largest absolute Gasteiger partial charge is 0.326 e. The van der Waals surface area contributed by atoms with Crippen LogP contribution in [0.1, 0.15) is 53.4 Å². The Hall–Kier alpha value is -1.89. The monoisotopic (exact) mass is 368 g/mol. The molecule has 0 aliphatic carbocycles. The van der Waals surface area contributed by atoms with Crippen molar-refractivity contribution in [2.45, 2.75) is 58.3 Å². The van der Waals surface area contributed by atoms with Crippen LogP contribution in [0.25, 0.3) is 0 Å². The highest BCUT2D eigenvalue weighted by molar-refractivity contribution is 7.90. The van der Waals surface area contributed by atoms with Gasteiger partial charge in [0.15, 0.2) is 0 Å². The van der Waals surface area contributed by atoms with Gasteiger partial charge >= 0.3 is 0 Å². The van der Waals surface area contributed by atoms with Crippen LogP contribution in [0.3, 0.4) is 0 Å². The fourth-order valence-corrected chi connectivity index (χ4v) is 3.48. The zero-order chi connectivity index (χ0) is 19.0. The standard InChI is InChI=1S/C18H28N2O4S/c1-5-7-13(3)17(21)19-15-9-11-16(12-10-15)25(23,24)20-18(22)14(4)8-6-2/h9-14H,5-8H2,1-4H3,(H,19,21)(H,20,22)/t13-,14+/m1/s1. The fraction of sp³-hybridized carbons (Fsp3) is 0.556.